The highest BCUT2D eigenvalue weighted by Gasteiger charge is 2.25. The SMILES string of the molecule is CCOC(=O)CNC(=O)[C@H](CCn1cnc2c(=O)[nH]c(NC(C)=O)nc21)NC(=O)OC(C)(C)C. The quantitative estimate of drug-likeness (QED) is 0.360. The van der Waals surface area contributed by atoms with Gasteiger partial charge in [-0.2, -0.15) is 4.98 Å². The van der Waals surface area contributed by atoms with Crippen molar-refractivity contribution < 1.29 is 28.7 Å². The number of alkyl carbamates (subject to hydrolysis) is 1. The molecule has 0 bridgehead atoms. The maximum atomic E-state index is 12.7. The van der Waals surface area contributed by atoms with Gasteiger partial charge in [-0.25, -0.2) is 9.78 Å². The van der Waals surface area contributed by atoms with Crippen LogP contribution in [0.25, 0.3) is 11.2 Å². The minimum atomic E-state index is -1.08. The molecule has 14 nitrogen and oxygen atoms in total. The van der Waals surface area contributed by atoms with Gasteiger partial charge in [0.2, 0.25) is 17.8 Å². The number of rotatable bonds is 9. The van der Waals surface area contributed by atoms with Crippen molar-refractivity contribution >= 4 is 41.0 Å². The van der Waals surface area contributed by atoms with E-state index in [0.29, 0.717) is 0 Å². The number of nitrogens with one attached hydrogen (secondary N) is 4. The van der Waals surface area contributed by atoms with Gasteiger partial charge >= 0.3 is 12.1 Å². The number of H-pyrrole nitrogens is 1. The van der Waals surface area contributed by atoms with Crippen LogP contribution in [0.4, 0.5) is 10.7 Å². The average Bonchev–Trinajstić information content (AvgIpc) is 3.11. The molecule has 0 aliphatic carbocycles. The van der Waals surface area contributed by atoms with Gasteiger partial charge in [-0.15, -0.1) is 0 Å². The summed E-state index contributed by atoms with van der Waals surface area (Å²) < 4.78 is 11.5. The summed E-state index contributed by atoms with van der Waals surface area (Å²) in [6.45, 7) is 7.84. The molecule has 0 spiro atoms. The van der Waals surface area contributed by atoms with Crippen molar-refractivity contribution in [3.05, 3.63) is 16.7 Å². The molecular formula is C20H29N7O7. The largest absolute Gasteiger partial charge is 0.465 e. The monoisotopic (exact) mass is 479 g/mol. The van der Waals surface area contributed by atoms with Crippen molar-refractivity contribution in [2.24, 2.45) is 0 Å². The summed E-state index contributed by atoms with van der Waals surface area (Å²) in [4.78, 5) is 70.6. The number of imidazole rings is 1. The van der Waals surface area contributed by atoms with Crippen LogP contribution in [0.1, 0.15) is 41.0 Å². The number of aromatic nitrogens is 4. The Morgan fingerprint density at radius 1 is 1.24 bits per heavy atom. The zero-order valence-electron chi connectivity index (χ0n) is 19.7. The summed E-state index contributed by atoms with van der Waals surface area (Å²) in [5.41, 5.74) is -1.13. The Labute approximate surface area is 194 Å². The van der Waals surface area contributed by atoms with E-state index >= 15 is 0 Å². The van der Waals surface area contributed by atoms with Gasteiger partial charge in [0, 0.05) is 13.5 Å². The highest BCUT2D eigenvalue weighted by Crippen LogP contribution is 2.11. The van der Waals surface area contributed by atoms with Crippen LogP contribution in [0.15, 0.2) is 11.1 Å². The van der Waals surface area contributed by atoms with E-state index in [2.05, 4.69) is 30.9 Å². The van der Waals surface area contributed by atoms with Crippen LogP contribution in [-0.2, 0) is 30.4 Å². The molecule has 2 aromatic rings. The average molecular weight is 479 g/mol. The second-order valence-electron chi connectivity index (χ2n) is 8.22. The molecule has 1 atom stereocenters. The van der Waals surface area contributed by atoms with Crippen LogP contribution in [0.5, 0.6) is 0 Å². The summed E-state index contributed by atoms with van der Waals surface area (Å²) in [5.74, 6) is -1.73. The summed E-state index contributed by atoms with van der Waals surface area (Å²) >= 11 is 0. The number of anilines is 1. The number of carbonyl (C=O) groups is 4. The molecule has 0 fully saturated rings. The first-order valence-electron chi connectivity index (χ1n) is 10.5. The first kappa shape index (κ1) is 26.3. The minimum Gasteiger partial charge on any atom is -0.465 e. The van der Waals surface area contributed by atoms with Gasteiger partial charge in [0.15, 0.2) is 11.2 Å². The summed E-state index contributed by atoms with van der Waals surface area (Å²) in [6, 6.07) is -1.08. The number of ether oxygens (including phenoxy) is 2. The molecular weight excluding hydrogens is 450 g/mol. The van der Waals surface area contributed by atoms with E-state index in [0.717, 1.165) is 0 Å². The highest BCUT2D eigenvalue weighted by atomic mass is 16.6. The van der Waals surface area contributed by atoms with Gasteiger partial charge in [0.05, 0.1) is 12.9 Å². The van der Waals surface area contributed by atoms with Crippen molar-refractivity contribution in [3.63, 3.8) is 0 Å². The minimum absolute atomic E-state index is 0.0394. The Hall–Kier alpha value is -3.97. The molecule has 4 N–H and O–H groups in total. The predicted molar refractivity (Wildman–Crippen MR) is 120 cm³/mol. The number of hydrogen-bond acceptors (Lipinski definition) is 9. The Kier molecular flexibility index (Phi) is 8.70. The number of aromatic amines is 1. The summed E-state index contributed by atoms with van der Waals surface area (Å²) in [6.07, 6.45) is 0.580. The lowest BCUT2D eigenvalue weighted by molar-refractivity contribution is -0.143. The Bertz CT molecular complexity index is 1120. The zero-order valence-corrected chi connectivity index (χ0v) is 19.7. The highest BCUT2D eigenvalue weighted by molar-refractivity contribution is 5.88. The fraction of sp³-hybridized carbons (Fsp3) is 0.550. The topological polar surface area (TPSA) is 186 Å². The summed E-state index contributed by atoms with van der Waals surface area (Å²) in [7, 11) is 0. The molecule has 14 heteroatoms. The standard InChI is InChI=1S/C20H29N7O7/c1-6-33-13(29)9-21-16(30)12(24-19(32)34-20(3,4)5)7-8-27-10-22-14-15(27)25-18(23-11(2)28)26-17(14)31/h10,12H,6-9H2,1-5H3,(H,21,30)(H,24,32)(H2,23,25,26,28,31)/t12-/m0/s1. The molecule has 0 aromatic carbocycles. The maximum absolute atomic E-state index is 12.7. The molecule has 2 aromatic heterocycles. The smallest absolute Gasteiger partial charge is 0.408 e. The van der Waals surface area contributed by atoms with Crippen molar-refractivity contribution in [3.8, 4) is 0 Å². The Balaban J connectivity index is 2.20. The van der Waals surface area contributed by atoms with Gasteiger partial charge in [0.1, 0.15) is 18.2 Å². The number of hydrogen-bond donors (Lipinski definition) is 4. The van der Waals surface area contributed by atoms with Crippen LogP contribution in [-0.4, -0.2) is 68.2 Å². The number of amides is 3. The fourth-order valence-electron chi connectivity index (χ4n) is 2.82. The first-order valence-corrected chi connectivity index (χ1v) is 10.5. The van der Waals surface area contributed by atoms with Crippen molar-refractivity contribution in [1.29, 1.82) is 0 Å². The molecule has 0 saturated carbocycles. The molecule has 2 rings (SSSR count). The lowest BCUT2D eigenvalue weighted by Crippen LogP contribution is -2.49. The molecule has 34 heavy (non-hydrogen) atoms. The molecule has 186 valence electrons. The third kappa shape index (κ3) is 7.86. The summed E-state index contributed by atoms with van der Waals surface area (Å²) in [5, 5.41) is 7.30. The molecule has 3 amide bonds. The fourth-order valence-corrected chi connectivity index (χ4v) is 2.82. The van der Waals surface area contributed by atoms with E-state index in [9.17, 15) is 24.0 Å². The van der Waals surface area contributed by atoms with Crippen LogP contribution >= 0.6 is 0 Å². The molecule has 2 heterocycles. The van der Waals surface area contributed by atoms with E-state index in [4.69, 9.17) is 9.47 Å². The lowest BCUT2D eigenvalue weighted by atomic mass is 10.2. The normalized spacial score (nSPS) is 12.0. The zero-order chi connectivity index (χ0) is 25.5. The van der Waals surface area contributed by atoms with Gasteiger partial charge in [0.25, 0.3) is 5.56 Å². The molecule has 0 unspecified atom stereocenters. The Morgan fingerprint density at radius 2 is 1.94 bits per heavy atom. The third-order valence-corrected chi connectivity index (χ3v) is 4.15. The van der Waals surface area contributed by atoms with E-state index in [-0.39, 0.29) is 43.2 Å². The van der Waals surface area contributed by atoms with Gasteiger partial charge in [-0.3, -0.25) is 29.5 Å². The van der Waals surface area contributed by atoms with Crippen LogP contribution in [0.2, 0.25) is 0 Å². The molecule has 0 radical (unpaired) electrons. The van der Waals surface area contributed by atoms with Crippen LogP contribution < -0.4 is 21.5 Å². The number of aryl methyl sites for hydroxylation is 1. The second kappa shape index (κ2) is 11.2. The molecule has 0 aliphatic rings. The maximum Gasteiger partial charge on any atom is 0.408 e. The predicted octanol–water partition coefficient (Wildman–Crippen LogP) is 0.0407. The van der Waals surface area contributed by atoms with Gasteiger partial charge in [-0.1, -0.05) is 0 Å². The number of nitrogens with zero attached hydrogens (tertiary/aromatic N) is 3. The van der Waals surface area contributed by atoms with Gasteiger partial charge < -0.3 is 24.7 Å². The second-order valence-corrected chi connectivity index (χ2v) is 8.22. The van der Waals surface area contributed by atoms with Gasteiger partial charge in [-0.05, 0) is 34.1 Å². The number of carbonyl (C=O) groups excluding carboxylic acids is 4. The molecule has 0 saturated heterocycles. The van der Waals surface area contributed by atoms with Crippen LogP contribution in [0.3, 0.4) is 0 Å². The van der Waals surface area contributed by atoms with E-state index in [1.807, 2.05) is 0 Å². The van der Waals surface area contributed by atoms with E-state index < -0.39 is 41.1 Å². The van der Waals surface area contributed by atoms with Crippen molar-refractivity contribution in [2.45, 2.75) is 59.2 Å². The van der Waals surface area contributed by atoms with Crippen LogP contribution in [0, 0.1) is 0 Å². The first-order chi connectivity index (χ1) is 15.9. The lowest BCUT2D eigenvalue weighted by Gasteiger charge is -2.23. The molecule has 0 aliphatic heterocycles. The third-order valence-electron chi connectivity index (χ3n) is 4.15. The number of fused-ring (bicyclic) bond motifs is 1. The Morgan fingerprint density at radius 3 is 2.56 bits per heavy atom. The van der Waals surface area contributed by atoms with Crippen molar-refractivity contribution in [1.82, 2.24) is 30.2 Å². The van der Waals surface area contributed by atoms with E-state index in [1.165, 1.54) is 17.8 Å². The van der Waals surface area contributed by atoms with Crippen molar-refractivity contribution in [2.75, 3.05) is 18.5 Å². The van der Waals surface area contributed by atoms with E-state index in [1.54, 1.807) is 27.7 Å². The number of esters is 1.